The molecule has 1 saturated heterocycles. The number of thiophene rings is 1. The minimum Gasteiger partial charge on any atom is -0.478 e. The van der Waals surface area contributed by atoms with Crippen molar-refractivity contribution in [2.24, 2.45) is 5.92 Å². The molecule has 2 aromatic rings. The van der Waals surface area contributed by atoms with Crippen LogP contribution in [0.4, 0.5) is 0 Å². The second-order valence-electron chi connectivity index (χ2n) is 6.69. The zero-order valence-electron chi connectivity index (χ0n) is 16.1. The van der Waals surface area contributed by atoms with E-state index in [4.69, 9.17) is 4.74 Å². The molecule has 28 heavy (non-hydrogen) atoms. The monoisotopic (exact) mass is 423 g/mol. The van der Waals surface area contributed by atoms with Crippen LogP contribution in [0.5, 0.6) is 5.88 Å². The molecule has 1 N–H and O–H groups in total. The fraction of sp³-hybridized carbons (Fsp3) is 0.474. The molecule has 1 amide bonds. The summed E-state index contributed by atoms with van der Waals surface area (Å²) in [6, 6.07) is 7.09. The summed E-state index contributed by atoms with van der Waals surface area (Å²) < 4.78 is 32.9. The van der Waals surface area contributed by atoms with Gasteiger partial charge in [-0.1, -0.05) is 6.07 Å². The highest BCUT2D eigenvalue weighted by atomic mass is 32.2. The number of aromatic nitrogens is 1. The molecule has 3 heterocycles. The Kier molecular flexibility index (Phi) is 6.69. The lowest BCUT2D eigenvalue weighted by Gasteiger charge is -2.30. The SMILES string of the molecule is CCOc1ncccc1CNC(=O)[C@H]1CCCN(S(=O)(=O)c2ccc(C)s2)C1. The Morgan fingerprint density at radius 2 is 2.21 bits per heavy atom. The number of nitrogens with one attached hydrogen (secondary N) is 1. The van der Waals surface area contributed by atoms with Crippen LogP contribution in [0.3, 0.4) is 0 Å². The second kappa shape index (κ2) is 9.02. The van der Waals surface area contributed by atoms with Crippen LogP contribution in [0.1, 0.15) is 30.2 Å². The maximum atomic E-state index is 12.8. The fourth-order valence-corrected chi connectivity index (χ4v) is 6.17. The zero-order chi connectivity index (χ0) is 20.1. The lowest BCUT2D eigenvalue weighted by atomic mass is 9.99. The molecule has 9 heteroatoms. The van der Waals surface area contributed by atoms with Gasteiger partial charge in [0.25, 0.3) is 10.0 Å². The van der Waals surface area contributed by atoms with Crippen LogP contribution in [-0.4, -0.2) is 43.3 Å². The molecule has 2 aromatic heterocycles. The molecule has 0 unspecified atom stereocenters. The standard InChI is InChI=1S/C19H25N3O4S2/c1-3-26-19-15(6-4-10-20-19)12-21-18(23)16-7-5-11-22(13-16)28(24,25)17-9-8-14(2)27-17/h4,6,8-10,16H,3,5,7,11-13H2,1-2H3,(H,21,23)/t16-/m0/s1. The topological polar surface area (TPSA) is 88.6 Å². The highest BCUT2D eigenvalue weighted by Crippen LogP contribution is 2.28. The van der Waals surface area contributed by atoms with E-state index in [1.807, 2.05) is 19.9 Å². The van der Waals surface area contributed by atoms with Crippen LogP contribution >= 0.6 is 11.3 Å². The number of aryl methyl sites for hydroxylation is 1. The van der Waals surface area contributed by atoms with Gasteiger partial charge < -0.3 is 10.1 Å². The molecule has 1 aliphatic heterocycles. The van der Waals surface area contributed by atoms with Crippen molar-refractivity contribution in [3.8, 4) is 5.88 Å². The number of carbonyl (C=O) groups excluding carboxylic acids is 1. The van der Waals surface area contributed by atoms with Gasteiger partial charge in [-0.2, -0.15) is 4.31 Å². The number of carbonyl (C=O) groups is 1. The van der Waals surface area contributed by atoms with E-state index in [1.54, 1.807) is 24.4 Å². The Hall–Kier alpha value is -1.97. The predicted octanol–water partition coefficient (Wildman–Crippen LogP) is 2.57. The maximum Gasteiger partial charge on any atom is 0.252 e. The van der Waals surface area contributed by atoms with Crippen molar-refractivity contribution in [2.75, 3.05) is 19.7 Å². The van der Waals surface area contributed by atoms with Crippen LogP contribution < -0.4 is 10.1 Å². The van der Waals surface area contributed by atoms with E-state index in [-0.39, 0.29) is 18.4 Å². The summed E-state index contributed by atoms with van der Waals surface area (Å²) >= 11 is 1.26. The van der Waals surface area contributed by atoms with E-state index < -0.39 is 10.0 Å². The molecule has 3 rings (SSSR count). The Balaban J connectivity index is 1.63. The summed E-state index contributed by atoms with van der Waals surface area (Å²) in [5.41, 5.74) is 0.798. The van der Waals surface area contributed by atoms with E-state index in [0.717, 1.165) is 10.4 Å². The van der Waals surface area contributed by atoms with Crippen LogP contribution in [-0.2, 0) is 21.4 Å². The molecule has 1 fully saturated rings. The summed E-state index contributed by atoms with van der Waals surface area (Å²) in [6.45, 7) is 5.20. The second-order valence-corrected chi connectivity index (χ2v) is 10.1. The molecule has 0 spiro atoms. The van der Waals surface area contributed by atoms with Crippen LogP contribution in [0.25, 0.3) is 0 Å². The van der Waals surface area contributed by atoms with Gasteiger partial charge in [0, 0.05) is 36.3 Å². The Bertz CT molecular complexity index is 927. The van der Waals surface area contributed by atoms with Crippen LogP contribution in [0.15, 0.2) is 34.7 Å². The molecular formula is C19H25N3O4S2. The van der Waals surface area contributed by atoms with Gasteiger partial charge >= 0.3 is 0 Å². The number of amides is 1. The van der Waals surface area contributed by atoms with E-state index in [9.17, 15) is 13.2 Å². The normalized spacial score (nSPS) is 18.0. The molecule has 0 aromatic carbocycles. The first-order chi connectivity index (χ1) is 13.4. The van der Waals surface area contributed by atoms with Crippen molar-refractivity contribution in [1.29, 1.82) is 0 Å². The summed E-state index contributed by atoms with van der Waals surface area (Å²) in [6.07, 6.45) is 2.98. The molecule has 152 valence electrons. The van der Waals surface area contributed by atoms with Crippen molar-refractivity contribution in [3.63, 3.8) is 0 Å². The number of pyridine rings is 1. The van der Waals surface area contributed by atoms with Gasteiger partial charge in [-0.3, -0.25) is 4.79 Å². The number of ether oxygens (including phenoxy) is 1. The number of piperidine rings is 1. The van der Waals surface area contributed by atoms with Gasteiger partial charge in [0.2, 0.25) is 11.8 Å². The van der Waals surface area contributed by atoms with Crippen molar-refractivity contribution in [2.45, 2.75) is 37.4 Å². The Morgan fingerprint density at radius 1 is 1.39 bits per heavy atom. The Morgan fingerprint density at radius 3 is 2.93 bits per heavy atom. The zero-order valence-corrected chi connectivity index (χ0v) is 17.7. The third-order valence-electron chi connectivity index (χ3n) is 4.65. The summed E-state index contributed by atoms with van der Waals surface area (Å²) in [5.74, 6) is -0.00317. The van der Waals surface area contributed by atoms with E-state index in [2.05, 4.69) is 10.3 Å². The lowest BCUT2D eigenvalue weighted by molar-refractivity contribution is -0.126. The minimum absolute atomic E-state index is 0.145. The van der Waals surface area contributed by atoms with E-state index >= 15 is 0 Å². The fourth-order valence-electron chi connectivity index (χ4n) is 3.20. The summed E-state index contributed by atoms with van der Waals surface area (Å²) in [4.78, 5) is 17.8. The molecule has 0 aliphatic carbocycles. The quantitative estimate of drug-likeness (QED) is 0.739. The van der Waals surface area contributed by atoms with Gasteiger partial charge in [-0.05, 0) is 44.9 Å². The summed E-state index contributed by atoms with van der Waals surface area (Å²) in [5, 5.41) is 2.91. The van der Waals surface area contributed by atoms with Gasteiger partial charge in [0.15, 0.2) is 0 Å². The molecular weight excluding hydrogens is 398 g/mol. The largest absolute Gasteiger partial charge is 0.478 e. The first kappa shape index (κ1) is 20.8. The Labute approximate surface area is 169 Å². The number of hydrogen-bond donors (Lipinski definition) is 1. The maximum absolute atomic E-state index is 12.8. The molecule has 1 atom stereocenters. The van der Waals surface area contributed by atoms with Crippen molar-refractivity contribution < 1.29 is 17.9 Å². The molecule has 0 bridgehead atoms. The first-order valence-electron chi connectivity index (χ1n) is 9.32. The summed E-state index contributed by atoms with van der Waals surface area (Å²) in [7, 11) is -3.55. The van der Waals surface area contributed by atoms with Gasteiger partial charge in [0.05, 0.1) is 12.5 Å². The average molecular weight is 424 g/mol. The number of hydrogen-bond acceptors (Lipinski definition) is 6. The average Bonchev–Trinajstić information content (AvgIpc) is 3.14. The van der Waals surface area contributed by atoms with E-state index in [0.29, 0.717) is 42.6 Å². The van der Waals surface area contributed by atoms with Gasteiger partial charge in [-0.25, -0.2) is 13.4 Å². The predicted molar refractivity (Wildman–Crippen MR) is 108 cm³/mol. The highest BCUT2D eigenvalue weighted by molar-refractivity contribution is 7.91. The number of rotatable bonds is 7. The molecule has 1 aliphatic rings. The van der Waals surface area contributed by atoms with Gasteiger partial charge in [0.1, 0.15) is 4.21 Å². The number of nitrogens with zero attached hydrogens (tertiary/aromatic N) is 2. The molecule has 0 saturated carbocycles. The first-order valence-corrected chi connectivity index (χ1v) is 11.6. The molecule has 7 nitrogen and oxygen atoms in total. The molecule has 0 radical (unpaired) electrons. The number of sulfonamides is 1. The van der Waals surface area contributed by atoms with Crippen molar-refractivity contribution in [1.82, 2.24) is 14.6 Å². The van der Waals surface area contributed by atoms with Crippen LogP contribution in [0.2, 0.25) is 0 Å². The van der Waals surface area contributed by atoms with Crippen LogP contribution in [0, 0.1) is 12.8 Å². The van der Waals surface area contributed by atoms with Gasteiger partial charge in [-0.15, -0.1) is 11.3 Å². The third-order valence-corrected chi connectivity index (χ3v) is 7.98. The van der Waals surface area contributed by atoms with Crippen molar-refractivity contribution in [3.05, 3.63) is 40.9 Å². The third kappa shape index (κ3) is 4.71. The van der Waals surface area contributed by atoms with Crippen molar-refractivity contribution >= 4 is 27.3 Å². The smallest absolute Gasteiger partial charge is 0.252 e. The lowest BCUT2D eigenvalue weighted by Crippen LogP contribution is -2.45. The minimum atomic E-state index is -3.55. The highest BCUT2D eigenvalue weighted by Gasteiger charge is 2.34. The van der Waals surface area contributed by atoms with E-state index in [1.165, 1.54) is 15.6 Å².